The first-order valence-corrected chi connectivity index (χ1v) is 5.75. The number of carbonyl (C=O) groups is 1. The highest BCUT2D eigenvalue weighted by atomic mass is 16.3. The standard InChI is InChI=1S/C11H20N2O2/c1-8(2)11(15)6-13(7-11)10(14)9-3-4-12-5-9/h8-9,12,15H,3-7H2,1-2H3. The summed E-state index contributed by atoms with van der Waals surface area (Å²) in [4.78, 5) is 13.7. The molecule has 2 heterocycles. The van der Waals surface area contributed by atoms with Gasteiger partial charge in [-0.1, -0.05) is 13.8 Å². The van der Waals surface area contributed by atoms with Gasteiger partial charge in [-0.2, -0.15) is 0 Å². The van der Waals surface area contributed by atoms with E-state index in [0.29, 0.717) is 13.1 Å². The fourth-order valence-electron chi connectivity index (χ4n) is 2.26. The number of β-amino-alcohol motifs (C(OH)–C–C–N with tert-alkyl or cyclic N) is 1. The van der Waals surface area contributed by atoms with Crippen molar-refractivity contribution in [1.29, 1.82) is 0 Å². The van der Waals surface area contributed by atoms with E-state index in [1.54, 1.807) is 4.90 Å². The van der Waals surface area contributed by atoms with Gasteiger partial charge in [0.2, 0.25) is 5.91 Å². The lowest BCUT2D eigenvalue weighted by molar-refractivity contribution is -0.167. The molecule has 86 valence electrons. The van der Waals surface area contributed by atoms with Gasteiger partial charge in [-0.05, 0) is 18.9 Å². The molecule has 0 aromatic rings. The Labute approximate surface area is 90.6 Å². The van der Waals surface area contributed by atoms with E-state index in [1.165, 1.54) is 0 Å². The Morgan fingerprint density at radius 3 is 2.67 bits per heavy atom. The van der Waals surface area contributed by atoms with E-state index in [0.717, 1.165) is 19.5 Å². The molecule has 2 aliphatic heterocycles. The van der Waals surface area contributed by atoms with Crippen molar-refractivity contribution in [2.75, 3.05) is 26.2 Å². The van der Waals surface area contributed by atoms with E-state index in [-0.39, 0.29) is 17.7 Å². The summed E-state index contributed by atoms with van der Waals surface area (Å²) in [6.45, 7) is 6.77. The lowest BCUT2D eigenvalue weighted by atomic mass is 9.82. The summed E-state index contributed by atoms with van der Waals surface area (Å²) in [6, 6.07) is 0. The van der Waals surface area contributed by atoms with Gasteiger partial charge < -0.3 is 15.3 Å². The second-order valence-electron chi connectivity index (χ2n) is 5.14. The van der Waals surface area contributed by atoms with Gasteiger partial charge in [0.1, 0.15) is 5.60 Å². The fraction of sp³-hybridized carbons (Fsp3) is 0.909. The van der Waals surface area contributed by atoms with Crippen LogP contribution in [0.5, 0.6) is 0 Å². The molecule has 2 fully saturated rings. The third kappa shape index (κ3) is 1.88. The maximum Gasteiger partial charge on any atom is 0.227 e. The molecule has 0 saturated carbocycles. The monoisotopic (exact) mass is 212 g/mol. The zero-order valence-corrected chi connectivity index (χ0v) is 9.49. The topological polar surface area (TPSA) is 52.6 Å². The molecule has 1 amide bonds. The molecule has 0 radical (unpaired) electrons. The smallest absolute Gasteiger partial charge is 0.227 e. The minimum Gasteiger partial charge on any atom is -0.386 e. The van der Waals surface area contributed by atoms with Crippen LogP contribution >= 0.6 is 0 Å². The van der Waals surface area contributed by atoms with E-state index in [1.807, 2.05) is 13.8 Å². The summed E-state index contributed by atoms with van der Waals surface area (Å²) in [5, 5.41) is 13.2. The number of nitrogens with zero attached hydrogens (tertiary/aromatic N) is 1. The summed E-state index contributed by atoms with van der Waals surface area (Å²) in [5.41, 5.74) is -0.637. The third-order valence-electron chi connectivity index (χ3n) is 3.73. The number of hydrogen-bond donors (Lipinski definition) is 2. The second kappa shape index (κ2) is 3.76. The quantitative estimate of drug-likeness (QED) is 0.668. The van der Waals surface area contributed by atoms with E-state index in [4.69, 9.17) is 0 Å². The minimum atomic E-state index is -0.637. The van der Waals surface area contributed by atoms with Crippen molar-refractivity contribution in [2.24, 2.45) is 11.8 Å². The highest BCUT2D eigenvalue weighted by molar-refractivity contribution is 5.80. The first-order valence-electron chi connectivity index (χ1n) is 5.75. The largest absolute Gasteiger partial charge is 0.386 e. The SMILES string of the molecule is CC(C)C1(O)CN(C(=O)C2CCNC2)C1. The van der Waals surface area contributed by atoms with E-state index in [9.17, 15) is 9.90 Å². The molecule has 0 aromatic carbocycles. The van der Waals surface area contributed by atoms with Crippen molar-refractivity contribution in [3.05, 3.63) is 0 Å². The Balaban J connectivity index is 1.86. The molecule has 1 atom stereocenters. The van der Waals surface area contributed by atoms with Crippen LogP contribution < -0.4 is 5.32 Å². The van der Waals surface area contributed by atoms with Crippen molar-refractivity contribution in [3.63, 3.8) is 0 Å². The Morgan fingerprint density at radius 1 is 1.53 bits per heavy atom. The Kier molecular flexibility index (Phi) is 2.73. The summed E-state index contributed by atoms with van der Waals surface area (Å²) >= 11 is 0. The maximum atomic E-state index is 11.9. The predicted molar refractivity (Wildman–Crippen MR) is 57.3 cm³/mol. The minimum absolute atomic E-state index is 0.140. The average molecular weight is 212 g/mol. The second-order valence-corrected chi connectivity index (χ2v) is 5.14. The van der Waals surface area contributed by atoms with Crippen LogP contribution in [0.2, 0.25) is 0 Å². The molecule has 2 saturated heterocycles. The third-order valence-corrected chi connectivity index (χ3v) is 3.73. The van der Waals surface area contributed by atoms with Crippen LogP contribution in [0, 0.1) is 11.8 Å². The summed E-state index contributed by atoms with van der Waals surface area (Å²) in [7, 11) is 0. The Hall–Kier alpha value is -0.610. The lowest BCUT2D eigenvalue weighted by Gasteiger charge is -2.49. The molecule has 0 bridgehead atoms. The maximum absolute atomic E-state index is 11.9. The normalized spacial score (nSPS) is 29.3. The highest BCUT2D eigenvalue weighted by Gasteiger charge is 2.47. The van der Waals surface area contributed by atoms with Gasteiger partial charge in [-0.15, -0.1) is 0 Å². The van der Waals surface area contributed by atoms with Gasteiger partial charge in [0, 0.05) is 6.54 Å². The van der Waals surface area contributed by atoms with Crippen LogP contribution in [0.1, 0.15) is 20.3 Å². The molecule has 0 aliphatic carbocycles. The number of nitrogens with one attached hydrogen (secondary N) is 1. The molecule has 4 heteroatoms. The van der Waals surface area contributed by atoms with Crippen molar-refractivity contribution >= 4 is 5.91 Å². The van der Waals surface area contributed by atoms with Crippen molar-refractivity contribution in [3.8, 4) is 0 Å². The number of hydrogen-bond acceptors (Lipinski definition) is 3. The van der Waals surface area contributed by atoms with Crippen LogP contribution in [-0.2, 0) is 4.79 Å². The summed E-state index contributed by atoms with van der Waals surface area (Å²) in [5.74, 6) is 0.579. The van der Waals surface area contributed by atoms with Crippen LogP contribution in [0.25, 0.3) is 0 Å². The molecular weight excluding hydrogens is 192 g/mol. The number of likely N-dealkylation sites (tertiary alicyclic amines) is 1. The van der Waals surface area contributed by atoms with Crippen LogP contribution in [0.4, 0.5) is 0 Å². The van der Waals surface area contributed by atoms with E-state index in [2.05, 4.69) is 5.32 Å². The van der Waals surface area contributed by atoms with Crippen molar-refractivity contribution < 1.29 is 9.90 Å². The molecule has 4 nitrogen and oxygen atoms in total. The number of rotatable bonds is 2. The highest BCUT2D eigenvalue weighted by Crippen LogP contribution is 2.30. The van der Waals surface area contributed by atoms with Crippen LogP contribution in [0.15, 0.2) is 0 Å². The molecular formula is C11H20N2O2. The first-order chi connectivity index (χ1) is 7.03. The van der Waals surface area contributed by atoms with Crippen LogP contribution in [0.3, 0.4) is 0 Å². The van der Waals surface area contributed by atoms with E-state index >= 15 is 0 Å². The number of aliphatic hydroxyl groups is 1. The van der Waals surface area contributed by atoms with Crippen molar-refractivity contribution in [2.45, 2.75) is 25.9 Å². The fourth-order valence-corrected chi connectivity index (χ4v) is 2.26. The number of carbonyl (C=O) groups excluding carboxylic acids is 1. The van der Waals surface area contributed by atoms with E-state index < -0.39 is 5.60 Å². The first kappa shape index (κ1) is 10.9. The lowest BCUT2D eigenvalue weighted by Crippen LogP contribution is -2.66. The summed E-state index contributed by atoms with van der Waals surface area (Å²) < 4.78 is 0. The van der Waals surface area contributed by atoms with Crippen LogP contribution in [-0.4, -0.2) is 47.7 Å². The predicted octanol–water partition coefficient (Wildman–Crippen LogP) is -0.175. The average Bonchev–Trinajstić information content (AvgIpc) is 2.64. The number of amides is 1. The molecule has 1 unspecified atom stereocenters. The molecule has 0 aromatic heterocycles. The summed E-state index contributed by atoms with van der Waals surface area (Å²) in [6.07, 6.45) is 0.940. The zero-order valence-electron chi connectivity index (χ0n) is 9.49. The Morgan fingerprint density at radius 2 is 2.20 bits per heavy atom. The molecule has 2 rings (SSSR count). The molecule has 15 heavy (non-hydrogen) atoms. The van der Waals surface area contributed by atoms with Gasteiger partial charge in [0.05, 0.1) is 19.0 Å². The van der Waals surface area contributed by atoms with Gasteiger partial charge in [0.15, 0.2) is 0 Å². The van der Waals surface area contributed by atoms with Gasteiger partial charge >= 0.3 is 0 Å². The van der Waals surface area contributed by atoms with Gasteiger partial charge in [0.25, 0.3) is 0 Å². The van der Waals surface area contributed by atoms with Gasteiger partial charge in [-0.3, -0.25) is 4.79 Å². The molecule has 2 aliphatic rings. The Bertz CT molecular complexity index is 253. The van der Waals surface area contributed by atoms with Gasteiger partial charge in [-0.25, -0.2) is 0 Å². The molecule has 2 N–H and O–H groups in total. The van der Waals surface area contributed by atoms with Crippen molar-refractivity contribution in [1.82, 2.24) is 10.2 Å². The molecule has 0 spiro atoms. The zero-order chi connectivity index (χ0) is 11.1.